The molecule has 150 valence electrons. The van der Waals surface area contributed by atoms with Gasteiger partial charge in [-0.2, -0.15) is 0 Å². The molecule has 1 atom stereocenters. The van der Waals surface area contributed by atoms with E-state index in [1.54, 1.807) is 0 Å². The van der Waals surface area contributed by atoms with Crippen molar-refractivity contribution >= 4 is 29.2 Å². The first-order valence-corrected chi connectivity index (χ1v) is 9.78. The summed E-state index contributed by atoms with van der Waals surface area (Å²) >= 11 is 0. The summed E-state index contributed by atoms with van der Waals surface area (Å²) in [5.74, 6) is -1.42. The second-order valence-corrected chi connectivity index (χ2v) is 7.97. The molecule has 0 saturated carbocycles. The van der Waals surface area contributed by atoms with E-state index in [0.717, 1.165) is 24.3 Å². The maximum Gasteiger partial charge on any atom is 0.306 e. The number of amides is 2. The molecule has 3 aliphatic rings. The molecule has 2 saturated heterocycles. The van der Waals surface area contributed by atoms with Crippen LogP contribution in [-0.4, -0.2) is 59.3 Å². The molecule has 3 N–H and O–H groups in total. The zero-order valence-corrected chi connectivity index (χ0v) is 15.7. The molecule has 3 aliphatic heterocycles. The van der Waals surface area contributed by atoms with Crippen molar-refractivity contribution in [1.82, 2.24) is 5.32 Å². The van der Waals surface area contributed by atoms with Gasteiger partial charge in [0.15, 0.2) is 0 Å². The number of carboxylic acid groups (broad SMARTS) is 1. The molecule has 2 fully saturated rings. The minimum absolute atomic E-state index is 0.211. The number of imide groups is 1. The van der Waals surface area contributed by atoms with Gasteiger partial charge in [-0.05, 0) is 37.8 Å². The van der Waals surface area contributed by atoms with Crippen molar-refractivity contribution in [3.05, 3.63) is 23.8 Å². The first-order chi connectivity index (χ1) is 13.4. The molecule has 0 aromatic heterocycles. The van der Waals surface area contributed by atoms with Crippen LogP contribution in [0.1, 0.15) is 37.7 Å². The van der Waals surface area contributed by atoms with E-state index in [-0.39, 0.29) is 24.3 Å². The van der Waals surface area contributed by atoms with Crippen LogP contribution in [0.3, 0.4) is 0 Å². The molecule has 0 radical (unpaired) electrons. The Labute approximate surface area is 163 Å². The van der Waals surface area contributed by atoms with Gasteiger partial charge < -0.3 is 20.0 Å². The Bertz CT molecular complexity index is 816. The molecule has 1 aromatic rings. The molecule has 8 nitrogen and oxygen atoms in total. The van der Waals surface area contributed by atoms with Crippen LogP contribution in [0, 0.1) is 0 Å². The molecule has 0 spiro atoms. The van der Waals surface area contributed by atoms with E-state index >= 15 is 0 Å². The smallest absolute Gasteiger partial charge is 0.306 e. The summed E-state index contributed by atoms with van der Waals surface area (Å²) in [6.45, 7) is 1.92. The van der Waals surface area contributed by atoms with Crippen LogP contribution in [-0.2, 0) is 20.8 Å². The molecular formula is C20H25N3O5. The van der Waals surface area contributed by atoms with E-state index in [1.165, 1.54) is 5.56 Å². The van der Waals surface area contributed by atoms with E-state index in [0.29, 0.717) is 38.8 Å². The summed E-state index contributed by atoms with van der Waals surface area (Å²) in [6, 6.07) is 5.71. The number of hydrogen-bond acceptors (Lipinski definition) is 6. The van der Waals surface area contributed by atoms with Crippen LogP contribution >= 0.6 is 0 Å². The maximum atomic E-state index is 12.3. The lowest BCUT2D eigenvalue weighted by atomic mass is 9.88. The predicted molar refractivity (Wildman–Crippen MR) is 102 cm³/mol. The van der Waals surface area contributed by atoms with Gasteiger partial charge in [0.25, 0.3) is 0 Å². The number of fused-ring (bicyclic) bond motifs is 1. The topological polar surface area (TPSA) is 110 Å². The number of carbonyl (C=O) groups is 3. The Morgan fingerprint density at radius 3 is 2.54 bits per heavy atom. The molecule has 3 heterocycles. The van der Waals surface area contributed by atoms with E-state index < -0.39 is 11.6 Å². The fraction of sp³-hybridized carbons (Fsp3) is 0.550. The number of rotatable bonds is 4. The number of hydrogen-bond donors (Lipinski definition) is 3. The van der Waals surface area contributed by atoms with Gasteiger partial charge in [0.1, 0.15) is 6.04 Å². The van der Waals surface area contributed by atoms with Gasteiger partial charge in [-0.25, -0.2) is 0 Å². The molecule has 2 amide bonds. The van der Waals surface area contributed by atoms with Crippen molar-refractivity contribution in [1.29, 1.82) is 0 Å². The first kappa shape index (κ1) is 18.7. The van der Waals surface area contributed by atoms with Gasteiger partial charge in [0.2, 0.25) is 11.8 Å². The van der Waals surface area contributed by atoms with E-state index in [4.69, 9.17) is 5.11 Å². The first-order valence-electron chi connectivity index (χ1n) is 9.78. The lowest BCUT2D eigenvalue weighted by molar-refractivity contribution is -0.143. The van der Waals surface area contributed by atoms with Gasteiger partial charge in [-0.15, -0.1) is 0 Å². The second kappa shape index (κ2) is 7.09. The zero-order chi connectivity index (χ0) is 19.9. The van der Waals surface area contributed by atoms with Crippen LogP contribution in [0.4, 0.5) is 11.4 Å². The van der Waals surface area contributed by atoms with Gasteiger partial charge in [0.05, 0.1) is 12.0 Å². The van der Waals surface area contributed by atoms with Gasteiger partial charge in [-0.1, -0.05) is 6.07 Å². The van der Waals surface area contributed by atoms with Crippen LogP contribution in [0.25, 0.3) is 0 Å². The number of benzene rings is 1. The third-order valence-electron chi connectivity index (χ3n) is 6.14. The Morgan fingerprint density at radius 1 is 1.14 bits per heavy atom. The van der Waals surface area contributed by atoms with Crippen LogP contribution in [0.15, 0.2) is 18.2 Å². The SMILES string of the molecule is O=C(O)CC1(O)CCN(c2cccc3c2CCN3[C@@H]2CCC(=O)NC2=O)CC1. The van der Waals surface area contributed by atoms with Gasteiger partial charge in [0, 0.05) is 43.0 Å². The van der Waals surface area contributed by atoms with E-state index in [1.807, 2.05) is 18.2 Å². The lowest BCUT2D eigenvalue weighted by Crippen LogP contribution is -2.52. The highest BCUT2D eigenvalue weighted by atomic mass is 16.4. The summed E-state index contributed by atoms with van der Waals surface area (Å²) in [5, 5.41) is 21.9. The van der Waals surface area contributed by atoms with Crippen molar-refractivity contribution in [3.8, 4) is 0 Å². The normalized spacial score (nSPS) is 24.1. The Kier molecular flexibility index (Phi) is 4.74. The van der Waals surface area contributed by atoms with Crippen molar-refractivity contribution in [3.63, 3.8) is 0 Å². The Balaban J connectivity index is 1.52. The summed E-state index contributed by atoms with van der Waals surface area (Å²) < 4.78 is 0. The highest BCUT2D eigenvalue weighted by molar-refractivity contribution is 6.02. The van der Waals surface area contributed by atoms with Crippen LogP contribution < -0.4 is 15.1 Å². The number of anilines is 2. The number of aliphatic carboxylic acids is 1. The highest BCUT2D eigenvalue weighted by Crippen LogP contribution is 2.39. The van der Waals surface area contributed by atoms with E-state index in [2.05, 4.69) is 15.1 Å². The average molecular weight is 387 g/mol. The minimum atomic E-state index is -1.14. The fourth-order valence-electron chi connectivity index (χ4n) is 4.66. The molecule has 28 heavy (non-hydrogen) atoms. The van der Waals surface area contributed by atoms with Crippen molar-refractivity contribution < 1.29 is 24.6 Å². The summed E-state index contributed by atoms with van der Waals surface area (Å²) in [4.78, 5) is 39.0. The largest absolute Gasteiger partial charge is 0.481 e. The predicted octanol–water partition coefficient (Wildman–Crippen LogP) is 0.660. The molecular weight excluding hydrogens is 362 g/mol. The number of aliphatic hydroxyl groups is 1. The van der Waals surface area contributed by atoms with Gasteiger partial charge in [-0.3, -0.25) is 19.7 Å². The monoisotopic (exact) mass is 387 g/mol. The van der Waals surface area contributed by atoms with E-state index in [9.17, 15) is 19.5 Å². The standard InChI is InChI=1S/C20H25N3O5/c24-17-5-4-16(19(27)21-17)23-9-6-13-14(2-1-3-15(13)23)22-10-7-20(28,8-11-22)12-18(25)26/h1-3,16,28H,4-12H2,(H,25,26)(H,21,24,27)/t16-/m1/s1. The number of piperidine rings is 2. The summed E-state index contributed by atoms with van der Waals surface area (Å²) in [5.41, 5.74) is 2.15. The third kappa shape index (κ3) is 3.44. The maximum absolute atomic E-state index is 12.3. The molecule has 8 heteroatoms. The lowest BCUT2D eigenvalue weighted by Gasteiger charge is -2.39. The molecule has 1 aromatic carbocycles. The van der Waals surface area contributed by atoms with Crippen LogP contribution in [0.5, 0.6) is 0 Å². The number of carbonyl (C=O) groups excluding carboxylic acids is 2. The molecule has 0 bridgehead atoms. The quantitative estimate of drug-likeness (QED) is 0.651. The average Bonchev–Trinajstić information content (AvgIpc) is 3.05. The second-order valence-electron chi connectivity index (χ2n) is 7.97. The number of nitrogens with zero attached hydrogens (tertiary/aromatic N) is 2. The van der Waals surface area contributed by atoms with Crippen LogP contribution in [0.2, 0.25) is 0 Å². The van der Waals surface area contributed by atoms with Crippen molar-refractivity contribution in [2.45, 2.75) is 50.2 Å². The molecule has 0 aliphatic carbocycles. The highest BCUT2D eigenvalue weighted by Gasteiger charge is 2.38. The minimum Gasteiger partial charge on any atom is -0.481 e. The Morgan fingerprint density at radius 2 is 1.86 bits per heavy atom. The third-order valence-corrected chi connectivity index (χ3v) is 6.14. The number of carboxylic acids is 1. The summed E-state index contributed by atoms with van der Waals surface area (Å²) in [6.07, 6.45) is 2.31. The van der Waals surface area contributed by atoms with Gasteiger partial charge >= 0.3 is 5.97 Å². The molecule has 0 unspecified atom stereocenters. The van der Waals surface area contributed by atoms with Crippen molar-refractivity contribution in [2.75, 3.05) is 29.4 Å². The zero-order valence-electron chi connectivity index (χ0n) is 15.7. The fourth-order valence-corrected chi connectivity index (χ4v) is 4.66. The van der Waals surface area contributed by atoms with Crippen molar-refractivity contribution in [2.24, 2.45) is 0 Å². The number of nitrogens with one attached hydrogen (secondary N) is 1. The molecule has 4 rings (SSSR count). The summed E-state index contributed by atoms with van der Waals surface area (Å²) in [7, 11) is 0. The Hall–Kier alpha value is -2.61.